The molecule has 1 saturated carbocycles. The summed E-state index contributed by atoms with van der Waals surface area (Å²) in [5, 5.41) is 17.4. The van der Waals surface area contributed by atoms with E-state index in [1.165, 1.54) is 11.8 Å². The number of rotatable bonds is 6. The van der Waals surface area contributed by atoms with Gasteiger partial charge in [0.25, 0.3) is 5.56 Å². The van der Waals surface area contributed by atoms with Gasteiger partial charge in [-0.15, -0.1) is 10.2 Å². The maximum atomic E-state index is 12.0. The van der Waals surface area contributed by atoms with Crippen LogP contribution >= 0.6 is 11.8 Å². The number of carbonyl (C=O) groups excluding carboxylic acids is 1. The van der Waals surface area contributed by atoms with Gasteiger partial charge in [-0.2, -0.15) is 5.10 Å². The van der Waals surface area contributed by atoms with E-state index < -0.39 is 0 Å². The van der Waals surface area contributed by atoms with Gasteiger partial charge in [0.1, 0.15) is 5.03 Å². The molecule has 1 aliphatic carbocycles. The Morgan fingerprint density at radius 1 is 1.03 bits per heavy atom. The topological polar surface area (TPSA) is 111 Å². The second-order valence-corrected chi connectivity index (χ2v) is 9.12. The number of hydrogen-bond acceptors (Lipinski definition) is 7. The highest BCUT2D eigenvalue weighted by molar-refractivity contribution is 7.99. The third-order valence-electron chi connectivity index (χ3n) is 5.72. The van der Waals surface area contributed by atoms with Crippen molar-refractivity contribution in [3.05, 3.63) is 65.3 Å². The maximum Gasteiger partial charge on any atom is 0.250 e. The van der Waals surface area contributed by atoms with Crippen LogP contribution in [0, 0.1) is 5.92 Å². The first-order valence-electron chi connectivity index (χ1n) is 11.0. The predicted molar refractivity (Wildman–Crippen MR) is 127 cm³/mol. The van der Waals surface area contributed by atoms with E-state index >= 15 is 0 Å². The molecule has 0 spiro atoms. The van der Waals surface area contributed by atoms with Crippen LogP contribution in [-0.2, 0) is 11.3 Å². The van der Waals surface area contributed by atoms with Gasteiger partial charge in [0.15, 0.2) is 17.1 Å². The molecule has 5 aromatic heterocycles. The van der Waals surface area contributed by atoms with E-state index in [-0.39, 0.29) is 17.4 Å². The van der Waals surface area contributed by atoms with E-state index in [1.54, 1.807) is 21.3 Å². The molecule has 0 aliphatic heterocycles. The Morgan fingerprint density at radius 2 is 1.82 bits per heavy atom. The number of aryl methyl sites for hydroxylation is 1. The number of hydrogen-bond donors (Lipinski definition) is 1. The maximum absolute atomic E-state index is 12.0. The molecular formula is C23H20N8O2S. The molecule has 5 heterocycles. The molecule has 1 amide bonds. The van der Waals surface area contributed by atoms with Crippen LogP contribution in [0.15, 0.2) is 70.0 Å². The van der Waals surface area contributed by atoms with Gasteiger partial charge in [0, 0.05) is 36.5 Å². The monoisotopic (exact) mass is 472 g/mol. The first kappa shape index (κ1) is 20.6. The lowest BCUT2D eigenvalue weighted by Gasteiger charge is -2.07. The molecule has 10 nitrogen and oxygen atoms in total. The predicted octanol–water partition coefficient (Wildman–Crippen LogP) is 3.12. The van der Waals surface area contributed by atoms with E-state index in [4.69, 9.17) is 0 Å². The molecule has 6 rings (SSSR count). The summed E-state index contributed by atoms with van der Waals surface area (Å²) in [7, 11) is 0. The number of anilines is 1. The molecule has 0 unspecified atom stereocenters. The average Bonchev–Trinajstić information content (AvgIpc) is 3.52. The van der Waals surface area contributed by atoms with Crippen molar-refractivity contribution in [2.24, 2.45) is 5.92 Å². The van der Waals surface area contributed by atoms with Crippen LogP contribution in [0.3, 0.4) is 0 Å². The highest BCUT2D eigenvalue weighted by atomic mass is 32.2. The van der Waals surface area contributed by atoms with Crippen molar-refractivity contribution >= 4 is 34.8 Å². The number of nitrogens with zero attached hydrogens (tertiary/aromatic N) is 7. The number of fused-ring (bicyclic) bond motifs is 2. The molecule has 0 atom stereocenters. The molecule has 170 valence electrons. The second kappa shape index (κ2) is 8.10. The summed E-state index contributed by atoms with van der Waals surface area (Å²) in [5.41, 5.74) is 3.22. The molecule has 1 N–H and O–H groups in total. The number of imidazole rings is 1. The standard InChI is InChI=1S/C23H20N8O2S/c1-2-29-11-15(6-10-21(29)32)16-5-7-19-26-27-23(30(19)12-16)34-20-9-8-18-24-17(13-31(18)28-20)25-22(33)14-3-4-14/h5-14H,2-4H2,1H3,(H,25,33). The molecule has 0 bridgehead atoms. The van der Waals surface area contributed by atoms with Crippen LogP contribution in [-0.4, -0.2) is 39.7 Å². The van der Waals surface area contributed by atoms with E-state index in [0.29, 0.717) is 33.8 Å². The first-order chi connectivity index (χ1) is 16.6. The smallest absolute Gasteiger partial charge is 0.250 e. The van der Waals surface area contributed by atoms with Gasteiger partial charge in [0.2, 0.25) is 11.1 Å². The highest BCUT2D eigenvalue weighted by Gasteiger charge is 2.30. The average molecular weight is 473 g/mol. The number of carbonyl (C=O) groups is 1. The van der Waals surface area contributed by atoms with Gasteiger partial charge in [-0.1, -0.05) is 0 Å². The molecule has 0 aromatic carbocycles. The minimum absolute atomic E-state index is 0.0121. The second-order valence-electron chi connectivity index (χ2n) is 8.14. The largest absolute Gasteiger partial charge is 0.315 e. The Labute approximate surface area is 197 Å². The molecule has 0 saturated heterocycles. The van der Waals surface area contributed by atoms with Crippen LogP contribution in [0.25, 0.3) is 22.4 Å². The van der Waals surface area contributed by atoms with Crippen molar-refractivity contribution in [2.45, 2.75) is 36.5 Å². The SMILES string of the molecule is CCn1cc(-c2ccc3nnc(Sc4ccc5nc(NC(=O)C6CC6)cn5n4)n3c2)ccc1=O. The number of pyridine rings is 2. The van der Waals surface area contributed by atoms with E-state index in [2.05, 4.69) is 25.6 Å². The third kappa shape index (κ3) is 3.83. The number of aromatic nitrogens is 7. The minimum atomic E-state index is -0.0240. The van der Waals surface area contributed by atoms with Crippen molar-refractivity contribution in [1.82, 2.24) is 33.8 Å². The Morgan fingerprint density at radius 3 is 2.65 bits per heavy atom. The van der Waals surface area contributed by atoms with Crippen LogP contribution in [0.4, 0.5) is 5.82 Å². The van der Waals surface area contributed by atoms with E-state index in [1.807, 2.05) is 54.0 Å². The van der Waals surface area contributed by atoms with Gasteiger partial charge in [-0.05, 0) is 67.4 Å². The summed E-state index contributed by atoms with van der Waals surface area (Å²) in [5.74, 6) is 0.621. The lowest BCUT2D eigenvalue weighted by atomic mass is 10.1. The summed E-state index contributed by atoms with van der Waals surface area (Å²) in [6.45, 7) is 2.55. The lowest BCUT2D eigenvalue weighted by Crippen LogP contribution is -2.16. The van der Waals surface area contributed by atoms with Crippen LogP contribution < -0.4 is 10.9 Å². The van der Waals surface area contributed by atoms with Gasteiger partial charge >= 0.3 is 0 Å². The first-order valence-corrected chi connectivity index (χ1v) is 11.8. The molecule has 1 fully saturated rings. The fourth-order valence-electron chi connectivity index (χ4n) is 3.71. The van der Waals surface area contributed by atoms with E-state index in [9.17, 15) is 9.59 Å². The molecule has 34 heavy (non-hydrogen) atoms. The molecular weight excluding hydrogens is 452 g/mol. The van der Waals surface area contributed by atoms with Crippen LogP contribution in [0.2, 0.25) is 0 Å². The van der Waals surface area contributed by atoms with Gasteiger partial charge in [0.05, 0.1) is 6.20 Å². The third-order valence-corrected chi connectivity index (χ3v) is 6.61. The fourth-order valence-corrected chi connectivity index (χ4v) is 4.48. The number of nitrogens with one attached hydrogen (secondary N) is 1. The summed E-state index contributed by atoms with van der Waals surface area (Å²) < 4.78 is 5.23. The van der Waals surface area contributed by atoms with Crippen molar-refractivity contribution in [3.63, 3.8) is 0 Å². The van der Waals surface area contributed by atoms with Gasteiger partial charge in [-0.25, -0.2) is 9.50 Å². The minimum Gasteiger partial charge on any atom is -0.315 e. The van der Waals surface area contributed by atoms with Crippen molar-refractivity contribution in [1.29, 1.82) is 0 Å². The summed E-state index contributed by atoms with van der Waals surface area (Å²) in [6.07, 6.45) is 7.40. The zero-order chi connectivity index (χ0) is 23.2. The Bertz CT molecular complexity index is 1610. The Balaban J connectivity index is 1.29. The summed E-state index contributed by atoms with van der Waals surface area (Å²) in [6, 6.07) is 11.0. The highest BCUT2D eigenvalue weighted by Crippen LogP contribution is 2.30. The number of amides is 1. The van der Waals surface area contributed by atoms with Gasteiger partial charge < -0.3 is 9.88 Å². The Kier molecular flexibility index (Phi) is 4.91. The quantitative estimate of drug-likeness (QED) is 0.404. The Hall–Kier alpha value is -3.99. The molecule has 5 aromatic rings. The van der Waals surface area contributed by atoms with E-state index in [0.717, 1.165) is 24.0 Å². The van der Waals surface area contributed by atoms with Gasteiger partial charge in [-0.3, -0.25) is 14.0 Å². The van der Waals surface area contributed by atoms with Crippen molar-refractivity contribution < 1.29 is 4.79 Å². The lowest BCUT2D eigenvalue weighted by molar-refractivity contribution is -0.117. The molecule has 11 heteroatoms. The van der Waals surface area contributed by atoms with Crippen molar-refractivity contribution in [2.75, 3.05) is 5.32 Å². The normalized spacial score (nSPS) is 13.6. The van der Waals surface area contributed by atoms with Crippen LogP contribution in [0.5, 0.6) is 0 Å². The zero-order valence-corrected chi connectivity index (χ0v) is 19.1. The molecule has 1 aliphatic rings. The summed E-state index contributed by atoms with van der Waals surface area (Å²) >= 11 is 1.38. The van der Waals surface area contributed by atoms with Crippen molar-refractivity contribution in [3.8, 4) is 11.1 Å². The molecule has 0 radical (unpaired) electrons. The summed E-state index contributed by atoms with van der Waals surface area (Å²) in [4.78, 5) is 28.4. The fraction of sp³-hybridized carbons (Fsp3) is 0.217. The zero-order valence-electron chi connectivity index (χ0n) is 18.3. The van der Waals surface area contributed by atoms with Crippen LogP contribution in [0.1, 0.15) is 19.8 Å².